The Balaban J connectivity index is 2.19. The fourth-order valence-corrected chi connectivity index (χ4v) is 1.87. The number of hydrogen-bond acceptors (Lipinski definition) is 3. The zero-order valence-electron chi connectivity index (χ0n) is 11.8. The molecule has 0 spiro atoms. The highest BCUT2D eigenvalue weighted by atomic mass is 19.1. The molecule has 1 fully saturated rings. The number of hydrogen-bond donors (Lipinski definition) is 1. The third-order valence-electron chi connectivity index (χ3n) is 3.03. The lowest BCUT2D eigenvalue weighted by molar-refractivity contribution is 0.173. The van der Waals surface area contributed by atoms with Gasteiger partial charge in [-0.1, -0.05) is 12.6 Å². The van der Waals surface area contributed by atoms with Gasteiger partial charge in [-0.15, -0.1) is 0 Å². The van der Waals surface area contributed by atoms with E-state index < -0.39 is 12.7 Å². The Labute approximate surface area is 113 Å². The maximum absolute atomic E-state index is 14.0. The van der Waals surface area contributed by atoms with Crippen LogP contribution in [0.2, 0.25) is 0 Å². The molecule has 2 rings (SSSR count). The lowest BCUT2D eigenvalue weighted by Crippen LogP contribution is -2.34. The maximum atomic E-state index is 14.0. The SMILES string of the molecule is C=C1OB(c2ccc(NC(C)C)c(F)c2)OC1(C)C. The number of benzene rings is 1. The van der Waals surface area contributed by atoms with E-state index in [-0.39, 0.29) is 11.9 Å². The van der Waals surface area contributed by atoms with Crippen molar-refractivity contribution in [2.75, 3.05) is 5.32 Å². The Morgan fingerprint density at radius 3 is 2.53 bits per heavy atom. The zero-order valence-corrected chi connectivity index (χ0v) is 11.8. The van der Waals surface area contributed by atoms with Crippen LogP contribution in [0.3, 0.4) is 0 Å². The van der Waals surface area contributed by atoms with E-state index in [0.29, 0.717) is 16.9 Å². The second-order valence-electron chi connectivity index (χ2n) is 5.54. The summed E-state index contributed by atoms with van der Waals surface area (Å²) in [6.45, 7) is 11.5. The lowest BCUT2D eigenvalue weighted by Gasteiger charge is -2.15. The van der Waals surface area contributed by atoms with Crippen LogP contribution in [0.4, 0.5) is 10.1 Å². The van der Waals surface area contributed by atoms with Crippen LogP contribution in [0.15, 0.2) is 30.5 Å². The molecule has 1 heterocycles. The van der Waals surface area contributed by atoms with Crippen LogP contribution < -0.4 is 10.8 Å². The van der Waals surface area contributed by atoms with Gasteiger partial charge in [0, 0.05) is 6.04 Å². The Hall–Kier alpha value is -1.49. The van der Waals surface area contributed by atoms with Gasteiger partial charge >= 0.3 is 7.12 Å². The van der Waals surface area contributed by atoms with Crippen molar-refractivity contribution in [2.45, 2.75) is 39.3 Å². The summed E-state index contributed by atoms with van der Waals surface area (Å²) in [6.07, 6.45) is 0. The Morgan fingerprint density at radius 2 is 2.05 bits per heavy atom. The summed E-state index contributed by atoms with van der Waals surface area (Å²) in [5, 5.41) is 3.04. The van der Waals surface area contributed by atoms with Crippen LogP contribution in [0.25, 0.3) is 0 Å². The van der Waals surface area contributed by atoms with Gasteiger partial charge < -0.3 is 14.6 Å². The predicted octanol–water partition coefficient (Wildman–Crippen LogP) is 2.68. The van der Waals surface area contributed by atoms with E-state index in [2.05, 4.69) is 11.9 Å². The highest BCUT2D eigenvalue weighted by Crippen LogP contribution is 2.29. The zero-order chi connectivity index (χ0) is 14.2. The molecule has 1 aliphatic heterocycles. The highest BCUT2D eigenvalue weighted by molar-refractivity contribution is 6.62. The molecule has 1 saturated heterocycles. The van der Waals surface area contributed by atoms with E-state index in [1.54, 1.807) is 12.1 Å². The summed E-state index contributed by atoms with van der Waals surface area (Å²) in [7, 11) is -0.593. The van der Waals surface area contributed by atoms with Crippen LogP contribution in [0.1, 0.15) is 27.7 Å². The summed E-state index contributed by atoms with van der Waals surface area (Å²) in [6, 6.07) is 5.11. The van der Waals surface area contributed by atoms with Crippen molar-refractivity contribution in [3.63, 3.8) is 0 Å². The molecule has 1 aromatic carbocycles. The molecule has 102 valence electrons. The van der Waals surface area contributed by atoms with Crippen molar-refractivity contribution < 1.29 is 13.7 Å². The molecule has 0 aliphatic carbocycles. The summed E-state index contributed by atoms with van der Waals surface area (Å²) in [4.78, 5) is 0. The molecule has 5 heteroatoms. The van der Waals surface area contributed by atoms with Gasteiger partial charge in [-0.25, -0.2) is 4.39 Å². The average molecular weight is 263 g/mol. The summed E-state index contributed by atoms with van der Waals surface area (Å²) in [5.41, 5.74) is 0.587. The quantitative estimate of drug-likeness (QED) is 0.850. The largest absolute Gasteiger partial charge is 0.563 e. The van der Waals surface area contributed by atoms with Crippen LogP contribution >= 0.6 is 0 Å². The van der Waals surface area contributed by atoms with Crippen molar-refractivity contribution in [3.8, 4) is 0 Å². The number of nitrogens with one attached hydrogen (secondary N) is 1. The minimum absolute atomic E-state index is 0.179. The first kappa shape index (κ1) is 13.9. The fourth-order valence-electron chi connectivity index (χ4n) is 1.87. The van der Waals surface area contributed by atoms with Crippen LogP contribution in [0, 0.1) is 5.82 Å². The van der Waals surface area contributed by atoms with Crippen molar-refractivity contribution in [1.82, 2.24) is 0 Å². The standard InChI is InChI=1S/C14H19BFNO2/c1-9(2)17-13-7-6-11(8-12(13)16)15-18-10(3)14(4,5)19-15/h6-9,17H,3H2,1-2,4-5H3. The maximum Gasteiger partial charge on any atom is 0.563 e. The first-order valence-electron chi connectivity index (χ1n) is 6.39. The average Bonchev–Trinajstić information content (AvgIpc) is 2.56. The normalized spacial score (nSPS) is 17.8. The molecule has 0 amide bonds. The Bertz CT molecular complexity index is 502. The first-order valence-corrected chi connectivity index (χ1v) is 6.39. The summed E-state index contributed by atoms with van der Waals surface area (Å²) < 4.78 is 25.2. The molecule has 1 aromatic rings. The van der Waals surface area contributed by atoms with Crippen molar-refractivity contribution in [3.05, 3.63) is 36.4 Å². The summed E-state index contributed by atoms with van der Waals surface area (Å²) in [5.74, 6) is 0.246. The van der Waals surface area contributed by atoms with Gasteiger partial charge in [0.15, 0.2) is 0 Å². The van der Waals surface area contributed by atoms with Crippen LogP contribution in [-0.2, 0) is 9.31 Å². The van der Waals surface area contributed by atoms with Crippen LogP contribution in [-0.4, -0.2) is 18.8 Å². The molecular weight excluding hydrogens is 244 g/mol. The van der Waals surface area contributed by atoms with Crippen molar-refractivity contribution >= 4 is 18.3 Å². The van der Waals surface area contributed by atoms with E-state index >= 15 is 0 Å². The van der Waals surface area contributed by atoms with Crippen molar-refractivity contribution in [2.24, 2.45) is 0 Å². The molecule has 1 N–H and O–H groups in total. The molecule has 0 bridgehead atoms. The van der Waals surface area contributed by atoms with E-state index in [4.69, 9.17) is 9.31 Å². The van der Waals surface area contributed by atoms with E-state index in [9.17, 15) is 4.39 Å². The van der Waals surface area contributed by atoms with Crippen LogP contribution in [0.5, 0.6) is 0 Å². The number of anilines is 1. The van der Waals surface area contributed by atoms with Gasteiger partial charge in [0.05, 0.1) is 11.4 Å². The molecule has 0 radical (unpaired) electrons. The van der Waals surface area contributed by atoms with Gasteiger partial charge in [0.1, 0.15) is 11.4 Å². The molecule has 19 heavy (non-hydrogen) atoms. The minimum Gasteiger partial charge on any atom is -0.534 e. The third kappa shape index (κ3) is 2.92. The van der Waals surface area contributed by atoms with E-state index in [1.807, 2.05) is 27.7 Å². The molecule has 0 saturated carbocycles. The number of rotatable bonds is 3. The lowest BCUT2D eigenvalue weighted by atomic mass is 9.79. The number of halogens is 1. The molecule has 1 aliphatic rings. The van der Waals surface area contributed by atoms with Gasteiger partial charge in [0.2, 0.25) is 0 Å². The monoisotopic (exact) mass is 263 g/mol. The van der Waals surface area contributed by atoms with Gasteiger partial charge in [-0.2, -0.15) is 0 Å². The smallest absolute Gasteiger partial charge is 0.534 e. The van der Waals surface area contributed by atoms with E-state index in [1.165, 1.54) is 6.07 Å². The predicted molar refractivity (Wildman–Crippen MR) is 75.9 cm³/mol. The van der Waals surface area contributed by atoms with E-state index in [0.717, 1.165) is 0 Å². The molecular formula is C14H19BFNO2. The highest BCUT2D eigenvalue weighted by Gasteiger charge is 2.42. The molecule has 0 unspecified atom stereocenters. The molecule has 0 atom stereocenters. The van der Waals surface area contributed by atoms with Gasteiger partial charge in [-0.05, 0) is 45.3 Å². The Morgan fingerprint density at radius 1 is 1.37 bits per heavy atom. The topological polar surface area (TPSA) is 30.5 Å². The first-order chi connectivity index (χ1) is 8.79. The Kier molecular flexibility index (Phi) is 3.59. The summed E-state index contributed by atoms with van der Waals surface area (Å²) >= 11 is 0. The second-order valence-corrected chi connectivity index (χ2v) is 5.54. The second kappa shape index (κ2) is 4.89. The van der Waals surface area contributed by atoms with Gasteiger partial charge in [-0.3, -0.25) is 0 Å². The molecule has 3 nitrogen and oxygen atoms in total. The van der Waals surface area contributed by atoms with Gasteiger partial charge in [0.25, 0.3) is 0 Å². The fraction of sp³-hybridized carbons (Fsp3) is 0.429. The molecule has 0 aromatic heterocycles. The minimum atomic E-state index is -0.593. The van der Waals surface area contributed by atoms with Crippen molar-refractivity contribution in [1.29, 1.82) is 0 Å². The third-order valence-corrected chi connectivity index (χ3v) is 3.03.